The van der Waals surface area contributed by atoms with Crippen LogP contribution in [0.25, 0.3) is 0 Å². The molecule has 1 aromatic carbocycles. The van der Waals surface area contributed by atoms with Gasteiger partial charge >= 0.3 is 0 Å². The smallest absolute Gasteiger partial charge is 0.120 e. The summed E-state index contributed by atoms with van der Waals surface area (Å²) in [5.41, 5.74) is 1.31. The van der Waals surface area contributed by atoms with Crippen LogP contribution in [0.3, 0.4) is 0 Å². The second kappa shape index (κ2) is 3.09. The van der Waals surface area contributed by atoms with Crippen LogP contribution in [0.5, 0.6) is 0 Å². The molecule has 1 aliphatic rings. The Labute approximate surface area is 70.5 Å². The minimum atomic E-state index is 0.358. The van der Waals surface area contributed by atoms with Crippen LogP contribution in [0.1, 0.15) is 10.9 Å². The van der Waals surface area contributed by atoms with Gasteiger partial charge in [0.15, 0.2) is 0 Å². The van der Waals surface area contributed by atoms with Crippen LogP contribution in [0.15, 0.2) is 35.3 Å². The molecule has 11 heavy (non-hydrogen) atoms. The second-order valence-electron chi connectivity index (χ2n) is 2.43. The Bertz CT molecular complexity index is 256. The maximum Gasteiger partial charge on any atom is 0.120 e. The largest absolute Gasteiger partial charge is 0.278 e. The number of nitrogens with zero attached hydrogens (tertiary/aromatic N) is 1. The second-order valence-corrected chi connectivity index (χ2v) is 3.54. The number of benzene rings is 1. The van der Waals surface area contributed by atoms with E-state index in [2.05, 4.69) is 29.3 Å². The summed E-state index contributed by atoms with van der Waals surface area (Å²) < 4.78 is 0. The molecule has 0 fully saturated rings. The van der Waals surface area contributed by atoms with Gasteiger partial charge in [-0.3, -0.25) is 4.99 Å². The molecule has 0 saturated carbocycles. The molecule has 0 saturated heterocycles. The van der Waals surface area contributed by atoms with Crippen molar-refractivity contribution in [3.8, 4) is 0 Å². The van der Waals surface area contributed by atoms with Gasteiger partial charge in [0.1, 0.15) is 5.37 Å². The number of aliphatic imine (C=N–C) groups is 1. The van der Waals surface area contributed by atoms with Crippen molar-refractivity contribution >= 4 is 18.0 Å². The van der Waals surface area contributed by atoms with Gasteiger partial charge in [-0.25, -0.2) is 0 Å². The van der Waals surface area contributed by atoms with E-state index in [9.17, 15) is 0 Å². The summed E-state index contributed by atoms with van der Waals surface area (Å²) in [6, 6.07) is 10.4. The van der Waals surface area contributed by atoms with E-state index in [4.69, 9.17) is 0 Å². The molecule has 1 nitrogen and oxygen atoms in total. The van der Waals surface area contributed by atoms with Gasteiger partial charge in [-0.15, -0.1) is 11.8 Å². The number of hydrogen-bond acceptors (Lipinski definition) is 2. The molecular weight excluding hydrogens is 154 g/mol. The van der Waals surface area contributed by atoms with Crippen LogP contribution in [-0.4, -0.2) is 12.0 Å². The third kappa shape index (κ3) is 1.46. The van der Waals surface area contributed by atoms with E-state index in [-0.39, 0.29) is 0 Å². The van der Waals surface area contributed by atoms with Crippen molar-refractivity contribution < 1.29 is 0 Å². The molecule has 1 aliphatic heterocycles. The SMILES string of the molecule is C1=NC(c2ccccc2)SC1. The highest BCUT2D eigenvalue weighted by atomic mass is 32.2. The van der Waals surface area contributed by atoms with E-state index >= 15 is 0 Å². The Kier molecular flexibility index (Phi) is 1.95. The normalized spacial score (nSPS) is 22.4. The van der Waals surface area contributed by atoms with Gasteiger partial charge in [0, 0.05) is 12.0 Å². The molecule has 1 heterocycles. The highest BCUT2D eigenvalue weighted by Crippen LogP contribution is 2.32. The Balaban J connectivity index is 2.23. The van der Waals surface area contributed by atoms with Crippen molar-refractivity contribution in [2.24, 2.45) is 4.99 Å². The van der Waals surface area contributed by atoms with E-state index in [0.717, 1.165) is 5.75 Å². The van der Waals surface area contributed by atoms with E-state index in [1.54, 1.807) is 0 Å². The number of thioether (sulfide) groups is 1. The molecular formula is C9H9NS. The zero-order valence-corrected chi connectivity index (χ0v) is 6.92. The monoisotopic (exact) mass is 163 g/mol. The molecule has 2 heteroatoms. The molecule has 2 rings (SSSR count). The highest BCUT2D eigenvalue weighted by molar-refractivity contribution is 8.00. The van der Waals surface area contributed by atoms with Gasteiger partial charge in [0.05, 0.1) is 0 Å². The lowest BCUT2D eigenvalue weighted by Crippen LogP contribution is -1.84. The van der Waals surface area contributed by atoms with E-state index in [1.807, 2.05) is 24.0 Å². The summed E-state index contributed by atoms with van der Waals surface area (Å²) >= 11 is 1.87. The van der Waals surface area contributed by atoms with Gasteiger partial charge in [-0.05, 0) is 5.56 Å². The standard InChI is InChI=1S/C9H9NS/c1-2-4-8(5-3-1)9-10-6-7-11-9/h1-6,9H,7H2. The summed E-state index contributed by atoms with van der Waals surface area (Å²) in [4.78, 5) is 4.34. The highest BCUT2D eigenvalue weighted by Gasteiger charge is 2.11. The van der Waals surface area contributed by atoms with Crippen LogP contribution in [0.2, 0.25) is 0 Å². The lowest BCUT2D eigenvalue weighted by atomic mass is 10.2. The maximum absolute atomic E-state index is 4.34. The summed E-state index contributed by atoms with van der Waals surface area (Å²) in [6.07, 6.45) is 1.99. The Hall–Kier alpha value is -0.760. The molecule has 0 amide bonds. The fourth-order valence-corrected chi connectivity index (χ4v) is 1.99. The van der Waals surface area contributed by atoms with Crippen molar-refractivity contribution in [2.75, 3.05) is 5.75 Å². The fourth-order valence-electron chi connectivity index (χ4n) is 1.12. The van der Waals surface area contributed by atoms with Crippen molar-refractivity contribution in [3.05, 3.63) is 35.9 Å². The van der Waals surface area contributed by atoms with Crippen LogP contribution in [0, 0.1) is 0 Å². The molecule has 1 atom stereocenters. The van der Waals surface area contributed by atoms with Crippen LogP contribution >= 0.6 is 11.8 Å². The Morgan fingerprint density at radius 1 is 1.27 bits per heavy atom. The Morgan fingerprint density at radius 2 is 2.09 bits per heavy atom. The molecule has 0 radical (unpaired) electrons. The van der Waals surface area contributed by atoms with Crippen molar-refractivity contribution in [2.45, 2.75) is 5.37 Å². The van der Waals surface area contributed by atoms with Crippen LogP contribution < -0.4 is 0 Å². The topological polar surface area (TPSA) is 12.4 Å². The molecule has 0 aliphatic carbocycles. The van der Waals surface area contributed by atoms with Gasteiger partial charge in [0.25, 0.3) is 0 Å². The first-order valence-corrected chi connectivity index (χ1v) is 4.70. The lowest BCUT2D eigenvalue weighted by molar-refractivity contribution is 1.06. The minimum absolute atomic E-state index is 0.358. The third-order valence-electron chi connectivity index (χ3n) is 1.65. The first-order valence-electron chi connectivity index (χ1n) is 3.65. The summed E-state index contributed by atoms with van der Waals surface area (Å²) in [5, 5.41) is 0.358. The summed E-state index contributed by atoms with van der Waals surface area (Å²) in [6.45, 7) is 0. The molecule has 1 unspecified atom stereocenters. The van der Waals surface area contributed by atoms with E-state index in [1.165, 1.54) is 5.56 Å². The van der Waals surface area contributed by atoms with Crippen molar-refractivity contribution in [3.63, 3.8) is 0 Å². The first kappa shape index (κ1) is 6.92. The third-order valence-corrected chi connectivity index (χ3v) is 2.71. The van der Waals surface area contributed by atoms with Crippen molar-refractivity contribution in [1.29, 1.82) is 0 Å². The van der Waals surface area contributed by atoms with Gasteiger partial charge in [0.2, 0.25) is 0 Å². The lowest BCUT2D eigenvalue weighted by Gasteiger charge is -2.04. The molecule has 1 aromatic rings. The average molecular weight is 163 g/mol. The molecule has 0 spiro atoms. The predicted molar refractivity (Wildman–Crippen MR) is 50.1 cm³/mol. The fraction of sp³-hybridized carbons (Fsp3) is 0.222. The van der Waals surface area contributed by atoms with Crippen LogP contribution in [0.4, 0.5) is 0 Å². The molecule has 0 aromatic heterocycles. The first-order chi connectivity index (χ1) is 5.47. The summed E-state index contributed by atoms with van der Waals surface area (Å²) in [5.74, 6) is 1.06. The van der Waals surface area contributed by atoms with E-state index < -0.39 is 0 Å². The van der Waals surface area contributed by atoms with Crippen molar-refractivity contribution in [1.82, 2.24) is 0 Å². The summed E-state index contributed by atoms with van der Waals surface area (Å²) in [7, 11) is 0. The Morgan fingerprint density at radius 3 is 2.73 bits per heavy atom. The molecule has 56 valence electrons. The number of rotatable bonds is 1. The minimum Gasteiger partial charge on any atom is -0.278 e. The zero-order valence-electron chi connectivity index (χ0n) is 6.10. The van der Waals surface area contributed by atoms with Crippen LogP contribution in [-0.2, 0) is 0 Å². The van der Waals surface area contributed by atoms with E-state index in [0.29, 0.717) is 5.37 Å². The van der Waals surface area contributed by atoms with Gasteiger partial charge in [-0.1, -0.05) is 30.3 Å². The predicted octanol–water partition coefficient (Wildman–Crippen LogP) is 2.50. The quantitative estimate of drug-likeness (QED) is 0.619. The molecule has 0 N–H and O–H groups in total. The van der Waals surface area contributed by atoms with Gasteiger partial charge < -0.3 is 0 Å². The average Bonchev–Trinajstić information content (AvgIpc) is 2.58. The number of hydrogen-bond donors (Lipinski definition) is 0. The van der Waals surface area contributed by atoms with Gasteiger partial charge in [-0.2, -0.15) is 0 Å². The zero-order chi connectivity index (χ0) is 7.52. The molecule has 0 bridgehead atoms. The maximum atomic E-state index is 4.34.